The molecular weight excluding hydrogens is 486 g/mol. The van der Waals surface area contributed by atoms with Crippen molar-refractivity contribution in [3.63, 3.8) is 0 Å². The number of benzene rings is 2. The van der Waals surface area contributed by atoms with Crippen molar-refractivity contribution in [2.24, 2.45) is 11.0 Å². The summed E-state index contributed by atoms with van der Waals surface area (Å²) in [5, 5.41) is 18.7. The van der Waals surface area contributed by atoms with Gasteiger partial charge in [0.15, 0.2) is 0 Å². The Balaban J connectivity index is 0.00000361. The van der Waals surface area contributed by atoms with E-state index in [9.17, 15) is 14.7 Å². The van der Waals surface area contributed by atoms with Crippen LogP contribution in [0.2, 0.25) is 0 Å². The maximum atomic E-state index is 12.8. The lowest BCUT2D eigenvalue weighted by atomic mass is 9.86. The van der Waals surface area contributed by atoms with Crippen LogP contribution in [0.3, 0.4) is 0 Å². The highest BCUT2D eigenvalue weighted by Crippen LogP contribution is 2.35. The number of carbonyl (C=O) groups is 2. The van der Waals surface area contributed by atoms with Crippen LogP contribution >= 0.6 is 12.4 Å². The predicted octanol–water partition coefficient (Wildman–Crippen LogP) is 3.46. The van der Waals surface area contributed by atoms with Crippen molar-refractivity contribution < 1.29 is 28.9 Å². The fraction of sp³-hybridized carbons (Fsp3) is 0.423. The second kappa shape index (κ2) is 13.2. The molecule has 0 radical (unpaired) electrons. The van der Waals surface area contributed by atoms with Crippen molar-refractivity contribution in [3.8, 4) is 5.75 Å². The number of halogens is 1. The molecule has 2 aromatic rings. The summed E-state index contributed by atoms with van der Waals surface area (Å²) >= 11 is 0. The molecule has 1 fully saturated rings. The van der Waals surface area contributed by atoms with E-state index in [1.54, 1.807) is 31.5 Å². The normalized spacial score (nSPS) is 19.2. The number of carboxylic acid groups (broad SMARTS) is 1. The van der Waals surface area contributed by atoms with Gasteiger partial charge in [0, 0.05) is 37.3 Å². The smallest absolute Gasteiger partial charge is 0.303 e. The number of methoxy groups -OCH3 is 1. The van der Waals surface area contributed by atoms with E-state index in [0.29, 0.717) is 43.9 Å². The minimum atomic E-state index is -0.854. The van der Waals surface area contributed by atoms with Crippen LogP contribution in [0.5, 0.6) is 5.75 Å². The van der Waals surface area contributed by atoms with Gasteiger partial charge in [-0.2, -0.15) is 5.10 Å². The van der Waals surface area contributed by atoms with Gasteiger partial charge < -0.3 is 24.6 Å². The number of ether oxygens (including phenoxy) is 3. The van der Waals surface area contributed by atoms with Crippen LogP contribution in [0.1, 0.15) is 34.3 Å². The number of hydrogen-bond acceptors (Lipinski definition) is 7. The lowest BCUT2D eigenvalue weighted by Gasteiger charge is -2.33. The van der Waals surface area contributed by atoms with Gasteiger partial charge in [-0.15, -0.1) is 12.4 Å². The lowest BCUT2D eigenvalue weighted by molar-refractivity contribution is -0.139. The molecular formula is C26H32ClN3O6. The van der Waals surface area contributed by atoms with Gasteiger partial charge in [0.2, 0.25) is 0 Å². The molecule has 9 nitrogen and oxygen atoms in total. The molecule has 10 heteroatoms. The quantitative estimate of drug-likeness (QED) is 0.490. The number of nitrogens with one attached hydrogen (secondary N) is 1. The topological polar surface area (TPSA) is 110 Å². The zero-order chi connectivity index (χ0) is 24.6. The van der Waals surface area contributed by atoms with Crippen molar-refractivity contribution in [3.05, 3.63) is 59.2 Å². The Labute approximate surface area is 216 Å². The summed E-state index contributed by atoms with van der Waals surface area (Å²) in [6, 6.07) is 12.7. The number of morpholine rings is 1. The number of nitrogens with zero attached hydrogens (tertiary/aromatic N) is 2. The molecule has 2 aliphatic rings. The maximum absolute atomic E-state index is 12.8. The van der Waals surface area contributed by atoms with E-state index < -0.39 is 5.97 Å². The molecule has 2 N–H and O–H groups in total. The number of rotatable bonds is 9. The Morgan fingerprint density at radius 3 is 2.64 bits per heavy atom. The molecule has 2 heterocycles. The molecule has 194 valence electrons. The molecule has 4 rings (SSSR count). The lowest BCUT2D eigenvalue weighted by Crippen LogP contribution is -2.35. The SMILES string of the molecule is COCCC1Oc2ccc(NC(=O)c3ccc(C=NN4CCOCC4)cc3)cc2CC1CC(=O)O.Cl. The molecule has 2 unspecified atom stereocenters. The minimum Gasteiger partial charge on any atom is -0.490 e. The van der Waals surface area contributed by atoms with E-state index in [2.05, 4.69) is 10.4 Å². The first-order valence-electron chi connectivity index (χ1n) is 11.8. The summed E-state index contributed by atoms with van der Waals surface area (Å²) < 4.78 is 16.6. The van der Waals surface area contributed by atoms with Crippen LogP contribution in [0.15, 0.2) is 47.6 Å². The van der Waals surface area contributed by atoms with Crippen LogP contribution in [0.4, 0.5) is 5.69 Å². The average molecular weight is 518 g/mol. The number of anilines is 1. The Kier molecular flexibility index (Phi) is 10.1. The number of carbonyl (C=O) groups excluding carboxylic acids is 1. The van der Waals surface area contributed by atoms with Gasteiger partial charge >= 0.3 is 5.97 Å². The molecule has 0 saturated carbocycles. The summed E-state index contributed by atoms with van der Waals surface area (Å²) in [6.07, 6.45) is 2.77. The third-order valence-corrected chi connectivity index (χ3v) is 6.18. The Bertz CT molecular complexity index is 1060. The fourth-order valence-corrected chi connectivity index (χ4v) is 4.30. The highest BCUT2D eigenvalue weighted by Gasteiger charge is 2.31. The van der Waals surface area contributed by atoms with E-state index in [-0.39, 0.29) is 36.8 Å². The summed E-state index contributed by atoms with van der Waals surface area (Å²) in [7, 11) is 1.62. The molecule has 0 bridgehead atoms. The van der Waals surface area contributed by atoms with Crippen molar-refractivity contribution in [1.82, 2.24) is 5.01 Å². The van der Waals surface area contributed by atoms with Crippen molar-refractivity contribution >= 4 is 36.2 Å². The molecule has 0 aromatic heterocycles. The standard InChI is InChI=1S/C26H31N3O6.ClH/c1-33-11-8-24-21(16-25(30)31)14-20-15-22(6-7-23(20)35-24)28-26(32)19-4-2-18(3-5-19)17-27-29-9-12-34-13-10-29;/h2-7,15,17,21,24H,8-14,16H2,1H3,(H,28,32)(H,30,31);1H. The third-order valence-electron chi connectivity index (χ3n) is 6.18. The number of amides is 1. The van der Waals surface area contributed by atoms with E-state index >= 15 is 0 Å². The van der Waals surface area contributed by atoms with Gasteiger partial charge in [-0.1, -0.05) is 12.1 Å². The first-order chi connectivity index (χ1) is 17.0. The molecule has 0 spiro atoms. The monoisotopic (exact) mass is 517 g/mol. The van der Waals surface area contributed by atoms with Gasteiger partial charge in [-0.25, -0.2) is 0 Å². The van der Waals surface area contributed by atoms with Gasteiger partial charge in [0.25, 0.3) is 5.91 Å². The first kappa shape index (κ1) is 27.4. The summed E-state index contributed by atoms with van der Waals surface area (Å²) in [5.41, 5.74) is 2.97. The van der Waals surface area contributed by atoms with Crippen molar-refractivity contribution in [2.45, 2.75) is 25.4 Å². The summed E-state index contributed by atoms with van der Waals surface area (Å²) in [5.74, 6) is -0.520. The fourth-order valence-electron chi connectivity index (χ4n) is 4.30. The van der Waals surface area contributed by atoms with Gasteiger partial charge in [-0.05, 0) is 47.9 Å². The maximum Gasteiger partial charge on any atom is 0.303 e. The first-order valence-corrected chi connectivity index (χ1v) is 11.8. The van der Waals surface area contributed by atoms with Gasteiger partial charge in [-0.3, -0.25) is 14.6 Å². The average Bonchev–Trinajstić information content (AvgIpc) is 2.87. The molecule has 1 saturated heterocycles. The third kappa shape index (κ3) is 7.43. The van der Waals surface area contributed by atoms with Gasteiger partial charge in [0.05, 0.1) is 38.9 Å². The highest BCUT2D eigenvalue weighted by molar-refractivity contribution is 6.04. The van der Waals surface area contributed by atoms with E-state index in [1.807, 2.05) is 29.3 Å². The zero-order valence-corrected chi connectivity index (χ0v) is 21.0. The molecule has 2 atom stereocenters. The largest absolute Gasteiger partial charge is 0.490 e. The van der Waals surface area contributed by atoms with Crippen LogP contribution in [-0.2, 0) is 20.7 Å². The number of aliphatic carboxylic acids is 1. The molecule has 36 heavy (non-hydrogen) atoms. The number of hydrazone groups is 1. The summed E-state index contributed by atoms with van der Waals surface area (Å²) in [4.78, 5) is 24.1. The number of carboxylic acids is 1. The predicted molar refractivity (Wildman–Crippen MR) is 138 cm³/mol. The molecule has 2 aromatic carbocycles. The highest BCUT2D eigenvalue weighted by atomic mass is 35.5. The number of fused-ring (bicyclic) bond motifs is 1. The van der Waals surface area contributed by atoms with Crippen LogP contribution < -0.4 is 10.1 Å². The van der Waals surface area contributed by atoms with Crippen LogP contribution in [0.25, 0.3) is 0 Å². The van der Waals surface area contributed by atoms with Crippen molar-refractivity contribution in [2.75, 3.05) is 45.3 Å². The molecule has 1 amide bonds. The minimum absolute atomic E-state index is 0. The Morgan fingerprint density at radius 2 is 1.94 bits per heavy atom. The van der Waals surface area contributed by atoms with Crippen molar-refractivity contribution in [1.29, 1.82) is 0 Å². The summed E-state index contributed by atoms with van der Waals surface area (Å²) in [6.45, 7) is 3.41. The number of hydrogen-bond donors (Lipinski definition) is 2. The second-order valence-corrected chi connectivity index (χ2v) is 8.71. The van der Waals surface area contributed by atoms with Crippen LogP contribution in [-0.4, -0.2) is 74.3 Å². The molecule has 2 aliphatic heterocycles. The van der Waals surface area contributed by atoms with Gasteiger partial charge in [0.1, 0.15) is 11.9 Å². The van der Waals surface area contributed by atoms with E-state index in [4.69, 9.17) is 14.2 Å². The van der Waals surface area contributed by atoms with Crippen LogP contribution in [0, 0.1) is 5.92 Å². The van der Waals surface area contributed by atoms with E-state index in [1.165, 1.54) is 0 Å². The Hall–Kier alpha value is -3.14. The van der Waals surface area contributed by atoms with E-state index in [0.717, 1.165) is 30.0 Å². The Morgan fingerprint density at radius 1 is 1.19 bits per heavy atom. The zero-order valence-electron chi connectivity index (χ0n) is 20.2. The second-order valence-electron chi connectivity index (χ2n) is 8.71. The molecule has 0 aliphatic carbocycles.